The van der Waals surface area contributed by atoms with Gasteiger partial charge in [0.25, 0.3) is 5.91 Å². The van der Waals surface area contributed by atoms with Gasteiger partial charge < -0.3 is 19.5 Å². The number of benzene rings is 1. The second-order valence-electron chi connectivity index (χ2n) is 6.17. The summed E-state index contributed by atoms with van der Waals surface area (Å²) in [7, 11) is 3.10. The summed E-state index contributed by atoms with van der Waals surface area (Å²) >= 11 is 1.56. The van der Waals surface area contributed by atoms with Gasteiger partial charge >= 0.3 is 0 Å². The molecule has 0 spiro atoms. The average Bonchev–Trinajstić information content (AvgIpc) is 3.22. The molecular formula is C19H24N2O4S. The van der Waals surface area contributed by atoms with Crippen LogP contribution >= 0.6 is 11.3 Å². The van der Waals surface area contributed by atoms with Gasteiger partial charge in [-0.15, -0.1) is 11.3 Å². The van der Waals surface area contributed by atoms with Gasteiger partial charge in [0, 0.05) is 37.6 Å². The van der Waals surface area contributed by atoms with E-state index in [9.17, 15) is 9.90 Å². The zero-order valence-electron chi connectivity index (χ0n) is 15.1. The molecule has 1 aliphatic heterocycles. The fourth-order valence-corrected chi connectivity index (χ4v) is 3.88. The Morgan fingerprint density at radius 3 is 2.54 bits per heavy atom. The topological polar surface area (TPSA) is 62.2 Å². The Morgan fingerprint density at radius 2 is 1.92 bits per heavy atom. The fraction of sp³-hybridized carbons (Fsp3) is 0.421. The lowest BCUT2D eigenvalue weighted by Crippen LogP contribution is -2.49. The Bertz CT molecular complexity index is 727. The summed E-state index contributed by atoms with van der Waals surface area (Å²) in [5, 5.41) is 12.3. The molecule has 1 aliphatic rings. The zero-order chi connectivity index (χ0) is 18.5. The maximum atomic E-state index is 12.9. The number of hydrogen-bond donors (Lipinski definition) is 1. The first kappa shape index (κ1) is 18.7. The van der Waals surface area contributed by atoms with Crippen molar-refractivity contribution in [3.8, 4) is 11.5 Å². The number of methoxy groups -OCH3 is 2. The highest BCUT2D eigenvalue weighted by molar-refractivity contribution is 7.10. The molecular weight excluding hydrogens is 352 g/mol. The lowest BCUT2D eigenvalue weighted by molar-refractivity contribution is 0.0530. The Labute approximate surface area is 157 Å². The van der Waals surface area contributed by atoms with Crippen LogP contribution in [0.1, 0.15) is 21.3 Å². The van der Waals surface area contributed by atoms with Crippen molar-refractivity contribution in [2.45, 2.75) is 6.10 Å². The maximum absolute atomic E-state index is 12.9. The van der Waals surface area contributed by atoms with Crippen LogP contribution in [0.2, 0.25) is 0 Å². The second-order valence-corrected chi connectivity index (χ2v) is 7.14. The molecule has 140 valence electrons. The fourth-order valence-electron chi connectivity index (χ4n) is 3.17. The van der Waals surface area contributed by atoms with Gasteiger partial charge in [0.2, 0.25) is 0 Å². The molecule has 0 bridgehead atoms. The van der Waals surface area contributed by atoms with E-state index >= 15 is 0 Å². The average molecular weight is 376 g/mol. The Hall–Kier alpha value is -2.09. The highest BCUT2D eigenvalue weighted by Gasteiger charge is 2.26. The third-order valence-corrected chi connectivity index (χ3v) is 5.57. The highest BCUT2D eigenvalue weighted by Crippen LogP contribution is 2.31. The number of amides is 1. The molecule has 1 N–H and O–H groups in total. The molecule has 2 aromatic rings. The van der Waals surface area contributed by atoms with E-state index in [1.165, 1.54) is 0 Å². The molecule has 26 heavy (non-hydrogen) atoms. The molecule has 0 radical (unpaired) electrons. The number of hydrogen-bond acceptors (Lipinski definition) is 6. The number of nitrogens with zero attached hydrogens (tertiary/aromatic N) is 2. The quantitative estimate of drug-likeness (QED) is 0.838. The number of carbonyl (C=O) groups excluding carboxylic acids is 1. The largest absolute Gasteiger partial charge is 0.493 e. The molecule has 1 fully saturated rings. The van der Waals surface area contributed by atoms with Crippen molar-refractivity contribution in [1.82, 2.24) is 9.80 Å². The van der Waals surface area contributed by atoms with Crippen molar-refractivity contribution in [2.75, 3.05) is 46.9 Å². The van der Waals surface area contributed by atoms with Gasteiger partial charge in [0.1, 0.15) is 6.10 Å². The lowest BCUT2D eigenvalue weighted by Gasteiger charge is -2.35. The molecule has 6 nitrogen and oxygen atoms in total. The molecule has 1 saturated heterocycles. The SMILES string of the molecule is COc1cccc(C(=O)N2CCN(CC(O)c3cccs3)CC2)c1OC. The van der Waals surface area contributed by atoms with Crippen LogP contribution in [0.4, 0.5) is 0 Å². The van der Waals surface area contributed by atoms with E-state index in [0.29, 0.717) is 36.7 Å². The van der Waals surface area contributed by atoms with Crippen LogP contribution in [0.15, 0.2) is 35.7 Å². The van der Waals surface area contributed by atoms with E-state index in [-0.39, 0.29) is 5.91 Å². The van der Waals surface area contributed by atoms with Crippen LogP contribution in [0.3, 0.4) is 0 Å². The third-order valence-electron chi connectivity index (χ3n) is 4.60. The van der Waals surface area contributed by atoms with E-state index < -0.39 is 6.10 Å². The number of aliphatic hydroxyl groups is 1. The van der Waals surface area contributed by atoms with Gasteiger partial charge in [-0.25, -0.2) is 0 Å². The van der Waals surface area contributed by atoms with Crippen LogP contribution in [-0.2, 0) is 0 Å². The first-order valence-corrected chi connectivity index (χ1v) is 9.46. The van der Waals surface area contributed by atoms with Crippen LogP contribution in [0, 0.1) is 0 Å². The minimum absolute atomic E-state index is 0.0563. The van der Waals surface area contributed by atoms with Crippen molar-refractivity contribution in [3.05, 3.63) is 46.2 Å². The molecule has 1 aromatic carbocycles. The predicted molar refractivity (Wildman–Crippen MR) is 101 cm³/mol. The zero-order valence-corrected chi connectivity index (χ0v) is 15.9. The molecule has 7 heteroatoms. The van der Waals surface area contributed by atoms with E-state index in [2.05, 4.69) is 4.90 Å². The van der Waals surface area contributed by atoms with Crippen molar-refractivity contribution < 1.29 is 19.4 Å². The van der Waals surface area contributed by atoms with Crippen molar-refractivity contribution in [3.63, 3.8) is 0 Å². The van der Waals surface area contributed by atoms with E-state index in [1.54, 1.807) is 43.8 Å². The normalized spacial score (nSPS) is 16.3. The van der Waals surface area contributed by atoms with Crippen molar-refractivity contribution >= 4 is 17.2 Å². The summed E-state index contributed by atoms with van der Waals surface area (Å²) in [5.74, 6) is 0.964. The summed E-state index contributed by atoms with van der Waals surface area (Å²) in [6.07, 6.45) is -0.476. The van der Waals surface area contributed by atoms with Crippen LogP contribution in [-0.4, -0.2) is 67.8 Å². The second kappa shape index (κ2) is 8.53. The summed E-state index contributed by atoms with van der Waals surface area (Å²) < 4.78 is 10.7. The number of ether oxygens (including phenoxy) is 2. The molecule has 1 amide bonds. The van der Waals surface area contributed by atoms with Crippen molar-refractivity contribution in [1.29, 1.82) is 0 Å². The predicted octanol–water partition coefficient (Wildman–Crippen LogP) is 2.26. The first-order chi connectivity index (χ1) is 12.6. The molecule has 3 rings (SSSR count). The number of para-hydroxylation sites is 1. The molecule has 1 aromatic heterocycles. The lowest BCUT2D eigenvalue weighted by atomic mass is 10.1. The monoisotopic (exact) mass is 376 g/mol. The molecule has 0 aliphatic carbocycles. The van der Waals surface area contributed by atoms with Gasteiger partial charge in [-0.2, -0.15) is 0 Å². The minimum Gasteiger partial charge on any atom is -0.493 e. The highest BCUT2D eigenvalue weighted by atomic mass is 32.1. The molecule has 2 heterocycles. The van der Waals surface area contributed by atoms with E-state index in [0.717, 1.165) is 18.0 Å². The minimum atomic E-state index is -0.476. The number of aliphatic hydroxyl groups excluding tert-OH is 1. The molecule has 1 atom stereocenters. The Morgan fingerprint density at radius 1 is 1.15 bits per heavy atom. The maximum Gasteiger partial charge on any atom is 0.257 e. The third kappa shape index (κ3) is 4.00. The Balaban J connectivity index is 1.60. The van der Waals surface area contributed by atoms with Gasteiger partial charge in [-0.1, -0.05) is 12.1 Å². The summed E-state index contributed by atoms with van der Waals surface area (Å²) in [4.78, 5) is 17.9. The van der Waals surface area contributed by atoms with Crippen molar-refractivity contribution in [2.24, 2.45) is 0 Å². The van der Waals surface area contributed by atoms with Gasteiger partial charge in [-0.3, -0.25) is 9.69 Å². The standard InChI is InChI=1S/C19H24N2O4S/c1-24-16-6-3-5-14(18(16)25-2)19(23)21-10-8-20(9-11-21)13-15(22)17-7-4-12-26-17/h3-7,12,15,22H,8-11,13H2,1-2H3. The van der Waals surface area contributed by atoms with Crippen LogP contribution in [0.25, 0.3) is 0 Å². The molecule has 1 unspecified atom stereocenters. The number of thiophene rings is 1. The van der Waals surface area contributed by atoms with Gasteiger partial charge in [0.05, 0.1) is 19.8 Å². The summed E-state index contributed by atoms with van der Waals surface area (Å²) in [6, 6.07) is 9.23. The van der Waals surface area contributed by atoms with Gasteiger partial charge in [-0.05, 0) is 23.6 Å². The Kier molecular flexibility index (Phi) is 6.13. The van der Waals surface area contributed by atoms with E-state index in [1.807, 2.05) is 22.4 Å². The molecule has 0 saturated carbocycles. The van der Waals surface area contributed by atoms with Gasteiger partial charge in [0.15, 0.2) is 11.5 Å². The number of rotatable bonds is 6. The summed E-state index contributed by atoms with van der Waals surface area (Å²) in [6.45, 7) is 3.30. The number of β-amino-alcohol motifs (C(OH)–C–C–N with tert-alkyl or cyclic N) is 1. The first-order valence-electron chi connectivity index (χ1n) is 8.58. The van der Waals surface area contributed by atoms with Crippen LogP contribution < -0.4 is 9.47 Å². The number of piperazine rings is 1. The summed E-state index contributed by atoms with van der Waals surface area (Å²) in [5.41, 5.74) is 0.513. The number of carbonyl (C=O) groups is 1. The van der Waals surface area contributed by atoms with E-state index in [4.69, 9.17) is 9.47 Å². The smallest absolute Gasteiger partial charge is 0.257 e. The van der Waals surface area contributed by atoms with Crippen LogP contribution in [0.5, 0.6) is 11.5 Å².